The zero-order valence-electron chi connectivity index (χ0n) is 10.3. The minimum Gasteiger partial charge on any atom is -0.480 e. The average molecular weight is 247 g/mol. The Morgan fingerprint density at radius 1 is 1.28 bits per heavy atom. The lowest BCUT2D eigenvalue weighted by Crippen LogP contribution is -2.44. The first-order valence-corrected chi connectivity index (χ1v) is 6.17. The van der Waals surface area contributed by atoms with Gasteiger partial charge in [-0.3, -0.25) is 4.79 Å². The Balaban J connectivity index is 2.00. The molecular weight excluding hydrogens is 230 g/mol. The molecule has 1 saturated carbocycles. The second kappa shape index (κ2) is 5.21. The van der Waals surface area contributed by atoms with Crippen LogP contribution in [0, 0.1) is 5.92 Å². The number of benzene rings is 1. The first-order valence-electron chi connectivity index (χ1n) is 6.17. The second-order valence-corrected chi connectivity index (χ2v) is 4.79. The van der Waals surface area contributed by atoms with Gasteiger partial charge in [0.2, 0.25) is 5.91 Å². The van der Waals surface area contributed by atoms with Gasteiger partial charge in [0.05, 0.1) is 5.92 Å². The monoisotopic (exact) mass is 247 g/mol. The molecule has 18 heavy (non-hydrogen) atoms. The highest BCUT2D eigenvalue weighted by Gasteiger charge is 2.37. The van der Waals surface area contributed by atoms with Gasteiger partial charge in [-0.25, -0.2) is 4.79 Å². The number of amides is 1. The molecular formula is C14H17NO3. The van der Waals surface area contributed by atoms with Crippen LogP contribution in [0.25, 0.3) is 0 Å². The van der Waals surface area contributed by atoms with E-state index >= 15 is 0 Å². The normalized spacial score (nSPS) is 17.8. The maximum Gasteiger partial charge on any atom is 0.326 e. The van der Waals surface area contributed by atoms with Crippen molar-refractivity contribution < 1.29 is 14.7 Å². The number of carbonyl (C=O) groups is 2. The van der Waals surface area contributed by atoms with Gasteiger partial charge in [0.25, 0.3) is 0 Å². The molecule has 0 spiro atoms. The fraction of sp³-hybridized carbons (Fsp3) is 0.429. The minimum atomic E-state index is -0.939. The van der Waals surface area contributed by atoms with Crippen LogP contribution in [0.1, 0.15) is 31.2 Å². The molecule has 0 heterocycles. The van der Waals surface area contributed by atoms with Crippen LogP contribution >= 0.6 is 0 Å². The van der Waals surface area contributed by atoms with Crippen LogP contribution in [0.2, 0.25) is 0 Å². The van der Waals surface area contributed by atoms with Gasteiger partial charge in [-0.1, -0.05) is 30.3 Å². The van der Waals surface area contributed by atoms with E-state index in [0.717, 1.165) is 18.4 Å². The van der Waals surface area contributed by atoms with E-state index in [1.54, 1.807) is 6.92 Å². The summed E-state index contributed by atoms with van der Waals surface area (Å²) < 4.78 is 0. The number of carboxylic acids is 1. The van der Waals surface area contributed by atoms with E-state index in [9.17, 15) is 9.59 Å². The van der Waals surface area contributed by atoms with Crippen molar-refractivity contribution in [1.82, 2.24) is 5.32 Å². The molecule has 1 aliphatic carbocycles. The number of carboxylic acid groups (broad SMARTS) is 1. The first-order chi connectivity index (χ1) is 8.59. The highest BCUT2D eigenvalue weighted by atomic mass is 16.4. The number of nitrogens with one attached hydrogen (secondary N) is 1. The summed E-state index contributed by atoms with van der Waals surface area (Å²) in [6.07, 6.45) is 1.77. The van der Waals surface area contributed by atoms with Crippen LogP contribution < -0.4 is 5.32 Å². The highest BCUT2D eigenvalue weighted by molar-refractivity contribution is 5.88. The third-order valence-electron chi connectivity index (χ3n) is 3.35. The molecule has 96 valence electrons. The Bertz CT molecular complexity index is 440. The largest absolute Gasteiger partial charge is 0.480 e. The summed E-state index contributed by atoms with van der Waals surface area (Å²) in [6.45, 7) is 1.79. The highest BCUT2D eigenvalue weighted by Crippen LogP contribution is 2.33. The van der Waals surface area contributed by atoms with Crippen molar-refractivity contribution in [2.45, 2.75) is 31.7 Å². The summed E-state index contributed by atoms with van der Waals surface area (Å²) in [7, 11) is 0. The Morgan fingerprint density at radius 2 is 1.89 bits per heavy atom. The van der Waals surface area contributed by atoms with Crippen molar-refractivity contribution in [1.29, 1.82) is 0 Å². The average Bonchev–Trinajstić information content (AvgIpc) is 3.19. The number of hydrogen-bond donors (Lipinski definition) is 2. The summed E-state index contributed by atoms with van der Waals surface area (Å²) >= 11 is 0. The van der Waals surface area contributed by atoms with Gasteiger partial charge in [-0.05, 0) is 31.2 Å². The summed E-state index contributed by atoms with van der Waals surface area (Å²) in [5.74, 6) is -1.38. The van der Waals surface area contributed by atoms with E-state index in [1.807, 2.05) is 30.3 Å². The summed E-state index contributed by atoms with van der Waals surface area (Å²) in [5, 5.41) is 11.7. The quantitative estimate of drug-likeness (QED) is 0.833. The minimum absolute atomic E-state index is 0.106. The molecule has 2 unspecified atom stereocenters. The third kappa shape index (κ3) is 2.88. The summed E-state index contributed by atoms with van der Waals surface area (Å²) in [4.78, 5) is 23.1. The van der Waals surface area contributed by atoms with Crippen LogP contribution in [0.3, 0.4) is 0 Å². The third-order valence-corrected chi connectivity index (χ3v) is 3.35. The van der Waals surface area contributed by atoms with Gasteiger partial charge in [0.1, 0.15) is 6.04 Å². The summed E-state index contributed by atoms with van der Waals surface area (Å²) in [6, 6.07) is 8.64. The van der Waals surface area contributed by atoms with Crippen LogP contribution in [-0.2, 0) is 9.59 Å². The lowest BCUT2D eigenvalue weighted by molar-refractivity contribution is -0.142. The van der Waals surface area contributed by atoms with E-state index in [4.69, 9.17) is 5.11 Å². The van der Waals surface area contributed by atoms with Crippen molar-refractivity contribution in [3.63, 3.8) is 0 Å². The van der Waals surface area contributed by atoms with Gasteiger partial charge in [-0.15, -0.1) is 0 Å². The molecule has 4 heteroatoms. The molecule has 1 aromatic carbocycles. The zero-order valence-corrected chi connectivity index (χ0v) is 10.3. The Hall–Kier alpha value is -1.84. The van der Waals surface area contributed by atoms with E-state index in [2.05, 4.69) is 5.32 Å². The summed E-state index contributed by atoms with van der Waals surface area (Å²) in [5.41, 5.74) is 0.898. The maximum absolute atomic E-state index is 12.0. The lowest BCUT2D eigenvalue weighted by Gasteiger charge is -2.17. The molecule has 0 aromatic heterocycles. The molecule has 1 amide bonds. The van der Waals surface area contributed by atoms with Crippen molar-refractivity contribution in [2.24, 2.45) is 5.92 Å². The predicted octanol–water partition coefficient (Wildman–Crippen LogP) is 1.77. The van der Waals surface area contributed by atoms with E-state index < -0.39 is 12.0 Å². The molecule has 2 N–H and O–H groups in total. The number of carbonyl (C=O) groups excluding carboxylic acids is 1. The van der Waals surface area contributed by atoms with Gasteiger partial charge in [0.15, 0.2) is 0 Å². The fourth-order valence-corrected chi connectivity index (χ4v) is 1.98. The number of rotatable bonds is 5. The van der Waals surface area contributed by atoms with E-state index in [1.165, 1.54) is 0 Å². The van der Waals surface area contributed by atoms with Gasteiger partial charge in [0, 0.05) is 0 Å². The fourth-order valence-electron chi connectivity index (χ4n) is 1.98. The van der Waals surface area contributed by atoms with Crippen LogP contribution in [-0.4, -0.2) is 23.0 Å². The topological polar surface area (TPSA) is 66.4 Å². The van der Waals surface area contributed by atoms with Crippen molar-refractivity contribution in [2.75, 3.05) is 0 Å². The Kier molecular flexibility index (Phi) is 3.65. The molecule has 1 fully saturated rings. The van der Waals surface area contributed by atoms with Gasteiger partial charge < -0.3 is 10.4 Å². The van der Waals surface area contributed by atoms with Crippen molar-refractivity contribution in [3.8, 4) is 0 Å². The smallest absolute Gasteiger partial charge is 0.326 e. The van der Waals surface area contributed by atoms with Crippen LogP contribution in [0.15, 0.2) is 30.3 Å². The predicted molar refractivity (Wildman–Crippen MR) is 67.1 cm³/mol. The molecule has 0 radical (unpaired) electrons. The zero-order chi connectivity index (χ0) is 13.1. The maximum atomic E-state index is 12.0. The molecule has 1 aromatic rings. The van der Waals surface area contributed by atoms with Gasteiger partial charge in [-0.2, -0.15) is 0 Å². The number of hydrogen-bond acceptors (Lipinski definition) is 2. The SMILES string of the molecule is CC(C(=O)NC(C(=O)O)C1CC1)c1ccccc1. The molecule has 1 aliphatic rings. The standard InChI is InChI=1S/C14H17NO3/c1-9(10-5-3-2-4-6-10)13(16)15-12(14(17)18)11-7-8-11/h2-6,9,11-12H,7-8H2,1H3,(H,15,16)(H,17,18). The molecule has 0 aliphatic heterocycles. The Labute approximate surface area is 106 Å². The molecule has 2 rings (SSSR count). The van der Waals surface area contributed by atoms with Gasteiger partial charge >= 0.3 is 5.97 Å². The molecule has 2 atom stereocenters. The van der Waals surface area contributed by atoms with E-state index in [0.29, 0.717) is 0 Å². The molecule has 0 bridgehead atoms. The Morgan fingerprint density at radius 3 is 2.39 bits per heavy atom. The van der Waals surface area contributed by atoms with E-state index in [-0.39, 0.29) is 17.7 Å². The van der Waals surface area contributed by atoms with Crippen molar-refractivity contribution >= 4 is 11.9 Å². The first kappa shape index (κ1) is 12.6. The lowest BCUT2D eigenvalue weighted by atomic mass is 10.00. The number of aliphatic carboxylic acids is 1. The molecule has 0 saturated heterocycles. The van der Waals surface area contributed by atoms with Crippen LogP contribution in [0.5, 0.6) is 0 Å². The van der Waals surface area contributed by atoms with Crippen molar-refractivity contribution in [3.05, 3.63) is 35.9 Å². The molecule has 4 nitrogen and oxygen atoms in total. The second-order valence-electron chi connectivity index (χ2n) is 4.79. The van der Waals surface area contributed by atoms with Crippen LogP contribution in [0.4, 0.5) is 0 Å².